The fraction of sp³-hybridized carbons (Fsp3) is 0.241. The van der Waals surface area contributed by atoms with Crippen LogP contribution in [0.5, 0.6) is 5.75 Å². The lowest BCUT2D eigenvalue weighted by molar-refractivity contribution is 0.0342. The zero-order valence-corrected chi connectivity index (χ0v) is 20.4. The Bertz CT molecular complexity index is 1280. The van der Waals surface area contributed by atoms with Gasteiger partial charge in [-0.05, 0) is 47.5 Å². The maximum absolute atomic E-state index is 13.4. The van der Waals surface area contributed by atoms with Crippen LogP contribution in [0.4, 0.5) is 5.69 Å². The van der Waals surface area contributed by atoms with E-state index in [-0.39, 0.29) is 5.91 Å². The van der Waals surface area contributed by atoms with Gasteiger partial charge in [-0.3, -0.25) is 14.4 Å². The molecule has 36 heavy (non-hydrogen) atoms. The van der Waals surface area contributed by atoms with Gasteiger partial charge in [0.25, 0.3) is 5.91 Å². The van der Waals surface area contributed by atoms with Gasteiger partial charge in [0.1, 0.15) is 11.4 Å². The average molecular weight is 483 g/mol. The molecule has 1 aliphatic rings. The first-order valence-electron chi connectivity index (χ1n) is 12.1. The Balaban J connectivity index is 1.35. The van der Waals surface area contributed by atoms with Gasteiger partial charge in [0.2, 0.25) is 0 Å². The third-order valence-electron chi connectivity index (χ3n) is 6.28. The molecule has 1 aromatic heterocycles. The number of nitrogens with one attached hydrogen (secondary N) is 1. The van der Waals surface area contributed by atoms with Crippen LogP contribution in [0.15, 0.2) is 85.1 Å². The number of hydrogen-bond acceptors (Lipinski definition) is 5. The van der Waals surface area contributed by atoms with E-state index in [4.69, 9.17) is 14.6 Å². The van der Waals surface area contributed by atoms with Crippen molar-refractivity contribution < 1.29 is 14.3 Å². The van der Waals surface area contributed by atoms with Gasteiger partial charge in [-0.2, -0.15) is 5.10 Å². The molecule has 0 unspecified atom stereocenters. The predicted molar refractivity (Wildman–Crippen MR) is 140 cm³/mol. The summed E-state index contributed by atoms with van der Waals surface area (Å²) in [6.07, 6.45) is 1.81. The van der Waals surface area contributed by atoms with Crippen molar-refractivity contribution in [3.8, 4) is 17.0 Å². The molecule has 4 aromatic rings. The monoisotopic (exact) mass is 482 g/mol. The Morgan fingerprint density at radius 1 is 0.917 bits per heavy atom. The van der Waals surface area contributed by atoms with Crippen molar-refractivity contribution >= 4 is 11.6 Å². The third kappa shape index (κ3) is 5.82. The maximum Gasteiger partial charge on any atom is 0.259 e. The summed E-state index contributed by atoms with van der Waals surface area (Å²) in [5.74, 6) is 0.562. The summed E-state index contributed by atoms with van der Waals surface area (Å²) in [4.78, 5) is 15.8. The Morgan fingerprint density at radius 3 is 2.31 bits per heavy atom. The lowest BCUT2D eigenvalue weighted by atomic mass is 10.1. The standard InChI is InChI=1S/C29H30N4O3/c1-35-26-13-9-24(10-14-26)28-27(21-33(31-28)20-22-5-3-2-4-6-22)29(34)30-25-11-7-23(8-12-25)19-32-15-17-36-18-16-32/h2-14,21H,15-20H2,1H3,(H,30,34). The first-order valence-corrected chi connectivity index (χ1v) is 12.1. The number of benzene rings is 3. The topological polar surface area (TPSA) is 68.6 Å². The van der Waals surface area contributed by atoms with Gasteiger partial charge in [0.05, 0.1) is 32.4 Å². The average Bonchev–Trinajstić information content (AvgIpc) is 3.35. The predicted octanol–water partition coefficient (Wildman–Crippen LogP) is 4.69. The molecule has 1 fully saturated rings. The lowest BCUT2D eigenvalue weighted by Gasteiger charge is -2.26. The van der Waals surface area contributed by atoms with Crippen molar-refractivity contribution in [2.45, 2.75) is 13.1 Å². The minimum Gasteiger partial charge on any atom is -0.497 e. The number of rotatable bonds is 8. The largest absolute Gasteiger partial charge is 0.497 e. The van der Waals surface area contributed by atoms with Crippen LogP contribution in [0.2, 0.25) is 0 Å². The van der Waals surface area contributed by atoms with Crippen LogP contribution in [-0.4, -0.2) is 54.0 Å². The smallest absolute Gasteiger partial charge is 0.259 e. The number of hydrogen-bond donors (Lipinski definition) is 1. The molecule has 1 aliphatic heterocycles. The van der Waals surface area contributed by atoms with E-state index < -0.39 is 0 Å². The van der Waals surface area contributed by atoms with E-state index in [0.717, 1.165) is 55.4 Å². The van der Waals surface area contributed by atoms with Gasteiger partial charge in [0, 0.05) is 37.1 Å². The van der Waals surface area contributed by atoms with Gasteiger partial charge < -0.3 is 14.8 Å². The zero-order chi connectivity index (χ0) is 24.7. The van der Waals surface area contributed by atoms with Crippen LogP contribution in [0.1, 0.15) is 21.5 Å². The number of aromatic nitrogens is 2. The third-order valence-corrected chi connectivity index (χ3v) is 6.28. The first-order chi connectivity index (χ1) is 17.7. The van der Waals surface area contributed by atoms with Crippen LogP contribution < -0.4 is 10.1 Å². The van der Waals surface area contributed by atoms with Gasteiger partial charge in [-0.15, -0.1) is 0 Å². The summed E-state index contributed by atoms with van der Waals surface area (Å²) >= 11 is 0. The van der Waals surface area contributed by atoms with Gasteiger partial charge in [-0.25, -0.2) is 0 Å². The highest BCUT2D eigenvalue weighted by molar-refractivity contribution is 6.08. The molecule has 0 spiro atoms. The molecule has 7 heteroatoms. The maximum atomic E-state index is 13.4. The summed E-state index contributed by atoms with van der Waals surface area (Å²) in [5.41, 5.74) is 5.09. The highest BCUT2D eigenvalue weighted by atomic mass is 16.5. The van der Waals surface area contributed by atoms with E-state index in [0.29, 0.717) is 17.8 Å². The van der Waals surface area contributed by atoms with Crippen molar-refractivity contribution in [3.63, 3.8) is 0 Å². The molecule has 0 saturated carbocycles. The van der Waals surface area contributed by atoms with Crippen LogP contribution in [0, 0.1) is 0 Å². The van der Waals surface area contributed by atoms with E-state index >= 15 is 0 Å². The molecule has 0 aliphatic carbocycles. The summed E-state index contributed by atoms with van der Waals surface area (Å²) < 4.78 is 12.5. The molecular formula is C29H30N4O3. The van der Waals surface area contributed by atoms with Crippen molar-refractivity contribution in [3.05, 3.63) is 102 Å². The molecule has 3 aromatic carbocycles. The summed E-state index contributed by atoms with van der Waals surface area (Å²) in [5, 5.41) is 7.82. The Labute approximate surface area is 211 Å². The number of methoxy groups -OCH3 is 1. The molecule has 0 atom stereocenters. The zero-order valence-electron chi connectivity index (χ0n) is 20.4. The Kier molecular flexibility index (Phi) is 7.40. The Hall–Kier alpha value is -3.94. The molecule has 0 bridgehead atoms. The summed E-state index contributed by atoms with van der Waals surface area (Å²) in [7, 11) is 1.63. The molecule has 184 valence electrons. The normalized spacial score (nSPS) is 13.9. The number of carbonyl (C=O) groups excluding carboxylic acids is 1. The minimum atomic E-state index is -0.193. The number of amides is 1. The van der Waals surface area contributed by atoms with Crippen LogP contribution in [0.3, 0.4) is 0 Å². The molecule has 7 nitrogen and oxygen atoms in total. The van der Waals surface area contributed by atoms with Gasteiger partial charge >= 0.3 is 0 Å². The van der Waals surface area contributed by atoms with Gasteiger partial charge in [-0.1, -0.05) is 42.5 Å². The number of ether oxygens (including phenoxy) is 2. The van der Waals surface area contributed by atoms with Crippen molar-refractivity contribution in [2.75, 3.05) is 38.7 Å². The lowest BCUT2D eigenvalue weighted by Crippen LogP contribution is -2.35. The fourth-order valence-electron chi connectivity index (χ4n) is 4.31. The Morgan fingerprint density at radius 2 is 1.61 bits per heavy atom. The SMILES string of the molecule is COc1ccc(-c2nn(Cc3ccccc3)cc2C(=O)Nc2ccc(CN3CCOCC3)cc2)cc1. The molecule has 1 saturated heterocycles. The second-order valence-corrected chi connectivity index (χ2v) is 8.84. The van der Waals surface area contributed by atoms with E-state index in [9.17, 15) is 4.79 Å². The number of morpholine rings is 1. The van der Waals surface area contributed by atoms with E-state index in [1.54, 1.807) is 7.11 Å². The van der Waals surface area contributed by atoms with E-state index in [2.05, 4.69) is 22.3 Å². The molecule has 0 radical (unpaired) electrons. The number of anilines is 1. The molecule has 1 N–H and O–H groups in total. The highest BCUT2D eigenvalue weighted by Gasteiger charge is 2.19. The minimum absolute atomic E-state index is 0.193. The first kappa shape index (κ1) is 23.8. The molecular weight excluding hydrogens is 452 g/mol. The van der Waals surface area contributed by atoms with Gasteiger partial charge in [0.15, 0.2) is 0 Å². The van der Waals surface area contributed by atoms with Crippen LogP contribution in [-0.2, 0) is 17.8 Å². The van der Waals surface area contributed by atoms with Crippen molar-refractivity contribution in [1.29, 1.82) is 0 Å². The molecule has 1 amide bonds. The summed E-state index contributed by atoms with van der Waals surface area (Å²) in [6.45, 7) is 4.91. The van der Waals surface area contributed by atoms with Crippen LogP contribution in [0.25, 0.3) is 11.3 Å². The quantitative estimate of drug-likeness (QED) is 0.395. The highest BCUT2D eigenvalue weighted by Crippen LogP contribution is 2.26. The molecule has 2 heterocycles. The van der Waals surface area contributed by atoms with E-state index in [1.165, 1.54) is 5.56 Å². The van der Waals surface area contributed by atoms with Crippen molar-refractivity contribution in [1.82, 2.24) is 14.7 Å². The van der Waals surface area contributed by atoms with Crippen LogP contribution >= 0.6 is 0 Å². The van der Waals surface area contributed by atoms with E-state index in [1.807, 2.05) is 77.6 Å². The number of carbonyl (C=O) groups is 1. The van der Waals surface area contributed by atoms with Crippen molar-refractivity contribution in [2.24, 2.45) is 0 Å². The number of nitrogens with zero attached hydrogens (tertiary/aromatic N) is 3. The summed E-state index contributed by atoms with van der Waals surface area (Å²) in [6, 6.07) is 25.7. The fourth-order valence-corrected chi connectivity index (χ4v) is 4.31. The molecule has 5 rings (SSSR count). The second kappa shape index (κ2) is 11.2. The second-order valence-electron chi connectivity index (χ2n) is 8.84.